The fraction of sp³-hybridized carbons (Fsp3) is 0.238. The monoisotopic (exact) mass is 472 g/mol. The van der Waals surface area contributed by atoms with Gasteiger partial charge in [0.25, 0.3) is 5.91 Å². The number of imidazole rings is 1. The van der Waals surface area contributed by atoms with Crippen LogP contribution in [-0.4, -0.2) is 41.1 Å². The summed E-state index contributed by atoms with van der Waals surface area (Å²) in [7, 11) is -3.66. The van der Waals surface area contributed by atoms with E-state index in [1.54, 1.807) is 28.8 Å². The van der Waals surface area contributed by atoms with Gasteiger partial charge in [0.15, 0.2) is 4.96 Å². The molecule has 10 heteroatoms. The number of hydrogen-bond acceptors (Lipinski definition) is 6. The average Bonchev–Trinajstić information content (AvgIpc) is 3.51. The second-order valence-electron chi connectivity index (χ2n) is 7.33. The quantitative estimate of drug-likeness (QED) is 0.462. The van der Waals surface area contributed by atoms with E-state index in [-0.39, 0.29) is 9.77 Å². The van der Waals surface area contributed by atoms with Crippen molar-refractivity contribution in [1.82, 2.24) is 13.7 Å². The number of thiazole rings is 1. The molecule has 3 aromatic heterocycles. The molecule has 0 saturated carbocycles. The predicted octanol–water partition coefficient (Wildman–Crippen LogP) is 4.55. The van der Waals surface area contributed by atoms with E-state index in [4.69, 9.17) is 0 Å². The highest BCUT2D eigenvalue weighted by atomic mass is 32.2. The molecule has 1 aliphatic heterocycles. The van der Waals surface area contributed by atoms with E-state index in [0.717, 1.165) is 46.8 Å². The van der Waals surface area contributed by atoms with Crippen LogP contribution in [0, 0.1) is 0 Å². The van der Waals surface area contributed by atoms with E-state index in [2.05, 4.69) is 10.3 Å². The van der Waals surface area contributed by atoms with Gasteiger partial charge in [-0.15, -0.1) is 22.7 Å². The van der Waals surface area contributed by atoms with E-state index in [0.29, 0.717) is 18.8 Å². The molecule has 5 rings (SSSR count). The van der Waals surface area contributed by atoms with Crippen LogP contribution in [0.15, 0.2) is 58.4 Å². The highest BCUT2D eigenvalue weighted by Gasteiger charge is 2.31. The molecular weight excluding hydrogens is 452 g/mol. The summed E-state index contributed by atoms with van der Waals surface area (Å²) in [4.78, 5) is 18.7. The van der Waals surface area contributed by atoms with Crippen LogP contribution in [0.4, 0.5) is 5.69 Å². The minimum Gasteiger partial charge on any atom is -0.321 e. The Balaban J connectivity index is 1.34. The Morgan fingerprint density at radius 1 is 1.00 bits per heavy atom. The molecule has 7 nitrogen and oxygen atoms in total. The van der Waals surface area contributed by atoms with E-state index in [9.17, 15) is 13.2 Å². The third-order valence-corrected chi connectivity index (χ3v) is 9.05. The van der Waals surface area contributed by atoms with Crippen LogP contribution in [0.1, 0.15) is 28.9 Å². The number of fused-ring (bicyclic) bond motifs is 1. The van der Waals surface area contributed by atoms with Crippen molar-refractivity contribution in [3.8, 4) is 11.3 Å². The standard InChI is InChI=1S/C21H20N4O3S3/c26-20(19-18(8-12-29-19)31(27,28)25-9-2-1-3-10-25)22-16-6-4-15(5-7-16)17-14-24-11-13-30-21(24)23-17/h4-8,11-14H,1-3,9-10H2,(H,22,26). The number of nitrogens with one attached hydrogen (secondary N) is 1. The number of rotatable bonds is 5. The molecule has 0 aliphatic carbocycles. The molecule has 1 fully saturated rings. The van der Waals surface area contributed by atoms with Crippen molar-refractivity contribution in [2.24, 2.45) is 0 Å². The fourth-order valence-corrected chi connectivity index (χ4v) is 7.20. The largest absolute Gasteiger partial charge is 0.321 e. The van der Waals surface area contributed by atoms with Gasteiger partial charge in [0.1, 0.15) is 9.77 Å². The summed E-state index contributed by atoms with van der Waals surface area (Å²) < 4.78 is 29.5. The second kappa shape index (κ2) is 8.19. The van der Waals surface area contributed by atoms with Crippen molar-refractivity contribution in [1.29, 1.82) is 0 Å². The van der Waals surface area contributed by atoms with E-state index < -0.39 is 15.9 Å². The van der Waals surface area contributed by atoms with Gasteiger partial charge < -0.3 is 5.32 Å². The average molecular weight is 473 g/mol. The summed E-state index contributed by atoms with van der Waals surface area (Å²) >= 11 is 2.71. The molecular formula is C21H20N4O3S3. The third kappa shape index (κ3) is 3.91. The Morgan fingerprint density at radius 3 is 2.52 bits per heavy atom. The van der Waals surface area contributed by atoms with Crippen LogP contribution in [-0.2, 0) is 10.0 Å². The van der Waals surface area contributed by atoms with Gasteiger partial charge in [0.05, 0.1) is 5.69 Å². The predicted molar refractivity (Wildman–Crippen MR) is 123 cm³/mol. The lowest BCUT2D eigenvalue weighted by Crippen LogP contribution is -2.36. The SMILES string of the molecule is O=C(Nc1ccc(-c2cn3ccsc3n2)cc1)c1sccc1S(=O)(=O)N1CCCCC1. The molecule has 0 radical (unpaired) electrons. The van der Waals surface area contributed by atoms with Gasteiger partial charge in [-0.25, -0.2) is 13.4 Å². The van der Waals surface area contributed by atoms with Crippen molar-refractivity contribution in [2.75, 3.05) is 18.4 Å². The molecule has 0 spiro atoms. The van der Waals surface area contributed by atoms with Crippen LogP contribution in [0.25, 0.3) is 16.2 Å². The Bertz CT molecular complexity index is 1300. The van der Waals surface area contributed by atoms with E-state index in [1.807, 2.05) is 34.3 Å². The van der Waals surface area contributed by atoms with E-state index >= 15 is 0 Å². The summed E-state index contributed by atoms with van der Waals surface area (Å²) in [6.07, 6.45) is 6.67. The zero-order valence-corrected chi connectivity index (χ0v) is 19.0. The van der Waals surface area contributed by atoms with Crippen LogP contribution >= 0.6 is 22.7 Å². The lowest BCUT2D eigenvalue weighted by atomic mass is 10.1. The normalized spacial score (nSPS) is 15.4. The van der Waals surface area contributed by atoms with Crippen LogP contribution in [0.5, 0.6) is 0 Å². The summed E-state index contributed by atoms with van der Waals surface area (Å²) in [5.74, 6) is -0.416. The number of piperidine rings is 1. The van der Waals surface area contributed by atoms with Gasteiger partial charge in [0, 0.05) is 42.1 Å². The fourth-order valence-electron chi connectivity index (χ4n) is 3.69. The van der Waals surface area contributed by atoms with Gasteiger partial charge in [-0.1, -0.05) is 18.6 Å². The molecule has 160 valence electrons. The molecule has 4 aromatic rings. The first kappa shape index (κ1) is 20.4. The molecule has 4 heterocycles. The number of carbonyl (C=O) groups is 1. The van der Waals surface area contributed by atoms with Crippen molar-refractivity contribution < 1.29 is 13.2 Å². The maximum absolute atomic E-state index is 13.0. The first-order valence-corrected chi connectivity index (χ1v) is 13.1. The number of nitrogens with zero attached hydrogens (tertiary/aromatic N) is 3. The smallest absolute Gasteiger partial charge is 0.267 e. The van der Waals surface area contributed by atoms with E-state index in [1.165, 1.54) is 10.4 Å². The van der Waals surface area contributed by atoms with Gasteiger partial charge in [-0.3, -0.25) is 9.20 Å². The van der Waals surface area contributed by atoms with Gasteiger partial charge in [-0.05, 0) is 36.4 Å². The lowest BCUT2D eigenvalue weighted by Gasteiger charge is -2.25. The topological polar surface area (TPSA) is 83.8 Å². The first-order chi connectivity index (χ1) is 15.0. The number of carbonyl (C=O) groups excluding carboxylic acids is 1. The van der Waals surface area contributed by atoms with Crippen LogP contribution in [0.3, 0.4) is 0 Å². The number of anilines is 1. The van der Waals surface area contributed by atoms with Crippen molar-refractivity contribution >= 4 is 49.3 Å². The van der Waals surface area contributed by atoms with Crippen LogP contribution < -0.4 is 5.32 Å². The maximum Gasteiger partial charge on any atom is 0.267 e. The van der Waals surface area contributed by atoms with Gasteiger partial charge >= 0.3 is 0 Å². The van der Waals surface area contributed by atoms with Gasteiger partial charge in [-0.2, -0.15) is 4.31 Å². The number of sulfonamides is 1. The van der Waals surface area contributed by atoms with Crippen molar-refractivity contribution in [3.63, 3.8) is 0 Å². The number of thiophene rings is 1. The molecule has 0 unspecified atom stereocenters. The molecule has 0 bridgehead atoms. The van der Waals surface area contributed by atoms with Crippen molar-refractivity contribution in [3.05, 3.63) is 58.4 Å². The number of hydrogen-bond donors (Lipinski definition) is 1. The summed E-state index contributed by atoms with van der Waals surface area (Å²) in [6.45, 7) is 1.01. The number of aromatic nitrogens is 2. The third-order valence-electron chi connectivity index (χ3n) is 5.30. The zero-order chi connectivity index (χ0) is 21.4. The molecule has 1 aromatic carbocycles. The Kier molecular flexibility index (Phi) is 5.39. The first-order valence-electron chi connectivity index (χ1n) is 9.94. The second-order valence-corrected chi connectivity index (χ2v) is 11.0. The Labute approximate surface area is 188 Å². The Hall–Kier alpha value is -2.53. The minimum atomic E-state index is -3.66. The van der Waals surface area contributed by atoms with Gasteiger partial charge in [0.2, 0.25) is 10.0 Å². The minimum absolute atomic E-state index is 0.0894. The lowest BCUT2D eigenvalue weighted by molar-refractivity contribution is 0.102. The molecule has 0 atom stereocenters. The zero-order valence-electron chi connectivity index (χ0n) is 16.5. The highest BCUT2D eigenvalue weighted by molar-refractivity contribution is 7.89. The number of benzene rings is 1. The number of amides is 1. The molecule has 1 N–H and O–H groups in total. The molecule has 1 amide bonds. The Morgan fingerprint density at radius 2 is 1.77 bits per heavy atom. The van der Waals surface area contributed by atoms with Crippen LogP contribution in [0.2, 0.25) is 0 Å². The maximum atomic E-state index is 13.0. The summed E-state index contributed by atoms with van der Waals surface area (Å²) in [5.41, 5.74) is 2.40. The molecule has 31 heavy (non-hydrogen) atoms. The molecule has 1 saturated heterocycles. The highest BCUT2D eigenvalue weighted by Crippen LogP contribution is 2.29. The molecule has 1 aliphatic rings. The summed E-state index contributed by atoms with van der Waals surface area (Å²) in [6, 6.07) is 8.90. The van der Waals surface area contributed by atoms with Crippen molar-refractivity contribution in [2.45, 2.75) is 24.2 Å². The summed E-state index contributed by atoms with van der Waals surface area (Å²) in [5, 5.41) is 6.46.